The van der Waals surface area contributed by atoms with E-state index in [1.807, 2.05) is 18.6 Å². The summed E-state index contributed by atoms with van der Waals surface area (Å²) in [4.78, 5) is 4.38. The number of benzene rings is 6. The quantitative estimate of drug-likeness (QED) is 0.148. The minimum Gasteiger partial charge on any atom is -0.494 e. The van der Waals surface area contributed by atoms with Crippen molar-refractivity contribution in [3.8, 4) is 5.75 Å². The molecule has 0 atom stereocenters. The Kier molecular flexibility index (Phi) is 11.1. The number of aromatic nitrogens is 2. The maximum Gasteiger partial charge on any atom is 0.241 e. The molecule has 234 valence electrons. The van der Waals surface area contributed by atoms with Crippen LogP contribution in [0.2, 0.25) is 0 Å². The Hall–Kier alpha value is -5.39. The van der Waals surface area contributed by atoms with E-state index in [-0.39, 0.29) is 5.16 Å². The Morgan fingerprint density at radius 1 is 0.604 bits per heavy atom. The summed E-state index contributed by atoms with van der Waals surface area (Å²) in [6.45, 7) is 3.17. The Morgan fingerprint density at radius 2 is 1.08 bits per heavy atom. The van der Waals surface area contributed by atoms with Crippen molar-refractivity contribution in [2.24, 2.45) is 0 Å². The van der Waals surface area contributed by atoms with Crippen LogP contribution < -0.4 is 26.3 Å². The molecule has 7 rings (SSSR count). The number of hydrogen-bond donors (Lipinski definition) is 0. The summed E-state index contributed by atoms with van der Waals surface area (Å²) < 4.78 is 8.13. The lowest BCUT2D eigenvalue weighted by Gasteiger charge is -2.36. The molecule has 0 saturated heterocycles. The first-order valence-corrected chi connectivity index (χ1v) is 17.5. The van der Waals surface area contributed by atoms with Crippen molar-refractivity contribution >= 4 is 37.8 Å². The maximum atomic E-state index is 5.90. The first-order chi connectivity index (χ1) is 23.8. The van der Waals surface area contributed by atoms with Crippen LogP contribution in [0.3, 0.4) is 0 Å². The van der Waals surface area contributed by atoms with Gasteiger partial charge in [-0.05, 0) is 29.7 Å². The monoisotopic (exact) mass is 638 g/mol. The summed E-state index contributed by atoms with van der Waals surface area (Å²) in [5.41, 5.74) is 6.48. The first kappa shape index (κ1) is 32.5. The Labute approximate surface area is 287 Å². The molecule has 0 amide bonds. The van der Waals surface area contributed by atoms with Crippen LogP contribution in [0.5, 0.6) is 5.75 Å². The third-order valence-electron chi connectivity index (χ3n) is 8.31. The van der Waals surface area contributed by atoms with Crippen LogP contribution >= 0.6 is 0 Å². The van der Waals surface area contributed by atoms with Gasteiger partial charge in [0.2, 0.25) is 6.71 Å². The zero-order valence-corrected chi connectivity index (χ0v) is 28.3. The van der Waals surface area contributed by atoms with Gasteiger partial charge in [-0.15, -0.1) is 0 Å². The number of hydrogen-bond acceptors (Lipinski definition) is 2. The fraction of sp³-hybridized carbons (Fsp3) is 0.0930. The summed E-state index contributed by atoms with van der Waals surface area (Å²) in [6.07, 6.45) is 6.83. The molecule has 0 saturated carbocycles. The average Bonchev–Trinajstić information content (AvgIpc) is 3.71. The largest absolute Gasteiger partial charge is 0.494 e. The summed E-state index contributed by atoms with van der Waals surface area (Å²) in [7, 11) is 0.460. The normalized spacial score (nSPS) is 10.9. The predicted octanol–water partition coefficient (Wildman–Crippen LogP) is 6.65. The lowest BCUT2D eigenvalue weighted by Crippen LogP contribution is -2.51. The summed E-state index contributed by atoms with van der Waals surface area (Å²) in [5, 5.41) is 0.877. The predicted molar refractivity (Wildman–Crippen MR) is 203 cm³/mol. The van der Waals surface area contributed by atoms with E-state index in [0.717, 1.165) is 18.8 Å². The van der Waals surface area contributed by atoms with E-state index in [0.29, 0.717) is 16.2 Å². The van der Waals surface area contributed by atoms with Gasteiger partial charge in [0.1, 0.15) is 15.3 Å². The zero-order valence-electron chi connectivity index (χ0n) is 27.3. The highest BCUT2D eigenvalue weighted by Crippen LogP contribution is 2.33. The van der Waals surface area contributed by atoms with Crippen molar-refractivity contribution in [2.45, 2.75) is 18.5 Å². The second-order valence-electron chi connectivity index (χ2n) is 11.6. The molecule has 0 N–H and O–H groups in total. The second-order valence-corrected chi connectivity index (χ2v) is 13.1. The average molecular weight is 639 g/mol. The molecular weight excluding hydrogens is 599 g/mol. The molecule has 6 aromatic carbocycles. The van der Waals surface area contributed by atoms with Crippen LogP contribution in [-0.2, 0) is 5.16 Å². The smallest absolute Gasteiger partial charge is 0.241 e. The van der Waals surface area contributed by atoms with Crippen molar-refractivity contribution in [1.29, 1.82) is 0 Å². The minimum absolute atomic E-state index is 0.309. The van der Waals surface area contributed by atoms with Crippen LogP contribution in [0.1, 0.15) is 24.5 Å². The highest BCUT2D eigenvalue weighted by Gasteiger charge is 2.37. The molecule has 0 aliphatic carbocycles. The number of rotatable bonds is 11. The van der Waals surface area contributed by atoms with Crippen LogP contribution in [0, 0.1) is 0 Å². The molecule has 1 aromatic heterocycles. The van der Waals surface area contributed by atoms with Crippen LogP contribution in [0.15, 0.2) is 195 Å². The molecule has 5 heteroatoms. The van der Waals surface area contributed by atoms with Crippen LogP contribution in [-0.4, -0.2) is 32.4 Å². The van der Waals surface area contributed by atoms with E-state index in [1.165, 1.54) is 32.7 Å². The van der Waals surface area contributed by atoms with Crippen molar-refractivity contribution in [3.63, 3.8) is 0 Å². The molecular formula is C43H39BN2OSi. The highest BCUT2D eigenvalue weighted by atomic mass is 28.2. The number of nitrogens with zero attached hydrogens (tertiary/aromatic N) is 2. The molecule has 1 heterocycles. The van der Waals surface area contributed by atoms with E-state index >= 15 is 0 Å². The van der Waals surface area contributed by atoms with Crippen molar-refractivity contribution in [2.75, 3.05) is 6.61 Å². The molecule has 0 fully saturated rings. The molecule has 0 aliphatic heterocycles. The van der Waals surface area contributed by atoms with Gasteiger partial charge in [-0.3, -0.25) is 0 Å². The van der Waals surface area contributed by atoms with E-state index in [4.69, 9.17) is 4.74 Å². The number of ether oxygens (including phenoxy) is 1. The van der Waals surface area contributed by atoms with Crippen molar-refractivity contribution in [3.05, 3.63) is 206 Å². The van der Waals surface area contributed by atoms with Crippen molar-refractivity contribution in [1.82, 2.24) is 9.55 Å². The first-order valence-electron chi connectivity index (χ1n) is 16.5. The van der Waals surface area contributed by atoms with Gasteiger partial charge in [-0.1, -0.05) is 192 Å². The Bertz CT molecular complexity index is 1790. The summed E-state index contributed by atoms with van der Waals surface area (Å²) in [6, 6.07) is 61.9. The summed E-state index contributed by atoms with van der Waals surface area (Å²) >= 11 is 0. The van der Waals surface area contributed by atoms with Gasteiger partial charge in [0.25, 0.3) is 0 Å². The van der Waals surface area contributed by atoms with Crippen LogP contribution in [0.4, 0.5) is 0 Å². The third-order valence-corrected chi connectivity index (χ3v) is 10.1. The lowest BCUT2D eigenvalue weighted by molar-refractivity contribution is 0.317. The fourth-order valence-electron chi connectivity index (χ4n) is 6.10. The number of imidazole rings is 1. The zero-order chi connectivity index (χ0) is 32.9. The van der Waals surface area contributed by atoms with Crippen molar-refractivity contribution < 1.29 is 4.74 Å². The molecule has 0 bridgehead atoms. The maximum absolute atomic E-state index is 5.90. The molecule has 3 nitrogen and oxygen atoms in total. The summed E-state index contributed by atoms with van der Waals surface area (Å²) in [5.74, 6) is 0.928. The molecule has 0 aliphatic rings. The Balaban J connectivity index is 0.000000182. The van der Waals surface area contributed by atoms with Gasteiger partial charge >= 0.3 is 0 Å². The fourth-order valence-corrected chi connectivity index (χ4v) is 7.79. The molecule has 48 heavy (non-hydrogen) atoms. The molecule has 2 radical (unpaired) electrons. The topological polar surface area (TPSA) is 27.1 Å². The van der Waals surface area contributed by atoms with E-state index < -0.39 is 0 Å². The standard InChI is InChI=1S/C25H24N2OSi.C18H15B/c1-2-18-28-23-14-9-15-24(19-23)29-25(27-17-16-26-20-27,21-10-5-3-6-11-21)22-12-7-4-8-13-22;1-4-10-16(11-5-1)19(17-12-6-2-7-13-17)18-14-8-3-9-15-18/h3-17,19-20H,2,18H2,1H3;1-15H. The van der Waals surface area contributed by atoms with Gasteiger partial charge in [-0.2, -0.15) is 0 Å². The minimum atomic E-state index is -0.373. The van der Waals surface area contributed by atoms with E-state index in [2.05, 4.69) is 193 Å². The van der Waals surface area contributed by atoms with E-state index in [1.54, 1.807) is 0 Å². The molecule has 7 aromatic rings. The Morgan fingerprint density at radius 3 is 1.52 bits per heavy atom. The van der Waals surface area contributed by atoms with Gasteiger partial charge in [0.05, 0.1) is 18.1 Å². The van der Waals surface area contributed by atoms with Gasteiger partial charge in [-0.25, -0.2) is 4.98 Å². The highest BCUT2D eigenvalue weighted by molar-refractivity contribution is 6.95. The molecule has 0 unspecified atom stereocenters. The molecule has 0 spiro atoms. The van der Waals surface area contributed by atoms with Crippen LogP contribution in [0.25, 0.3) is 0 Å². The SMILES string of the molecule is CCCOc1cccc([Si]C(c2ccccc2)(c2ccccc2)n2ccnc2)c1.c1ccc(B(c2ccccc2)c2ccccc2)cc1. The lowest BCUT2D eigenvalue weighted by atomic mass is 9.37. The van der Waals surface area contributed by atoms with Gasteiger partial charge in [0.15, 0.2) is 0 Å². The van der Waals surface area contributed by atoms with Gasteiger partial charge in [0, 0.05) is 12.4 Å². The third kappa shape index (κ3) is 7.76. The second kappa shape index (κ2) is 16.4. The van der Waals surface area contributed by atoms with E-state index in [9.17, 15) is 0 Å². The van der Waals surface area contributed by atoms with Gasteiger partial charge < -0.3 is 9.30 Å².